The molecule has 110 valence electrons. The van der Waals surface area contributed by atoms with Crippen molar-refractivity contribution in [3.63, 3.8) is 0 Å². The number of carbonyl (C=O) groups is 1. The van der Waals surface area contributed by atoms with Gasteiger partial charge < -0.3 is 10.6 Å². The van der Waals surface area contributed by atoms with Gasteiger partial charge in [-0.25, -0.2) is 0 Å². The Labute approximate surface area is 120 Å². The van der Waals surface area contributed by atoms with Crippen LogP contribution in [0.1, 0.15) is 37.2 Å². The van der Waals surface area contributed by atoms with Crippen molar-refractivity contribution >= 4 is 11.6 Å². The summed E-state index contributed by atoms with van der Waals surface area (Å²) in [5.41, 5.74) is 1.39. The second kappa shape index (κ2) is 6.70. The van der Waals surface area contributed by atoms with Gasteiger partial charge in [-0.05, 0) is 45.9 Å². The van der Waals surface area contributed by atoms with E-state index in [1.165, 1.54) is 12.8 Å². The van der Waals surface area contributed by atoms with Gasteiger partial charge >= 0.3 is 0 Å². The van der Waals surface area contributed by atoms with Gasteiger partial charge in [-0.15, -0.1) is 0 Å². The number of aromatic nitrogens is 1. The molecule has 1 aliphatic rings. The van der Waals surface area contributed by atoms with Crippen LogP contribution in [0.15, 0.2) is 18.3 Å². The summed E-state index contributed by atoms with van der Waals surface area (Å²) in [5, 5.41) is 6.14. The van der Waals surface area contributed by atoms with Crippen LogP contribution in [0.2, 0.25) is 0 Å². The Morgan fingerprint density at radius 3 is 2.95 bits per heavy atom. The van der Waals surface area contributed by atoms with Crippen LogP contribution in [0, 0.1) is 0 Å². The SMILES string of the molecule is CCNc1ccnc(C(=O)NCC(C)N(C)C2CC2)c1. The van der Waals surface area contributed by atoms with Gasteiger partial charge in [-0.1, -0.05) is 0 Å². The van der Waals surface area contributed by atoms with Crippen molar-refractivity contribution in [1.29, 1.82) is 0 Å². The Balaban J connectivity index is 1.86. The molecule has 0 radical (unpaired) electrons. The summed E-state index contributed by atoms with van der Waals surface area (Å²) in [5.74, 6) is -0.110. The third-order valence-corrected chi connectivity index (χ3v) is 3.75. The molecular weight excluding hydrogens is 252 g/mol. The standard InChI is InChI=1S/C15H24N4O/c1-4-16-12-7-8-17-14(9-12)15(20)18-10-11(2)19(3)13-5-6-13/h7-9,11,13H,4-6,10H2,1-3H3,(H,16,17)(H,18,20). The molecule has 0 aromatic carbocycles. The minimum absolute atomic E-state index is 0.110. The van der Waals surface area contributed by atoms with E-state index in [2.05, 4.69) is 34.5 Å². The van der Waals surface area contributed by atoms with Crippen LogP contribution in [0.25, 0.3) is 0 Å². The minimum atomic E-state index is -0.110. The summed E-state index contributed by atoms with van der Waals surface area (Å²) < 4.78 is 0. The molecule has 5 nitrogen and oxygen atoms in total. The molecule has 2 N–H and O–H groups in total. The monoisotopic (exact) mass is 276 g/mol. The van der Waals surface area contributed by atoms with E-state index >= 15 is 0 Å². The van der Waals surface area contributed by atoms with E-state index in [1.807, 2.05) is 13.0 Å². The molecule has 0 saturated heterocycles. The van der Waals surface area contributed by atoms with Gasteiger partial charge in [0.15, 0.2) is 0 Å². The van der Waals surface area contributed by atoms with Crippen LogP contribution >= 0.6 is 0 Å². The zero-order chi connectivity index (χ0) is 14.5. The molecule has 0 aliphatic heterocycles. The highest BCUT2D eigenvalue weighted by Crippen LogP contribution is 2.26. The molecule has 1 atom stereocenters. The summed E-state index contributed by atoms with van der Waals surface area (Å²) >= 11 is 0. The lowest BCUT2D eigenvalue weighted by molar-refractivity contribution is 0.0934. The average molecular weight is 276 g/mol. The smallest absolute Gasteiger partial charge is 0.270 e. The lowest BCUT2D eigenvalue weighted by Crippen LogP contribution is -2.41. The highest BCUT2D eigenvalue weighted by Gasteiger charge is 2.29. The van der Waals surface area contributed by atoms with Gasteiger partial charge in [-0.3, -0.25) is 14.7 Å². The predicted octanol–water partition coefficient (Wildman–Crippen LogP) is 1.73. The number of anilines is 1. The Kier molecular flexibility index (Phi) is 4.95. The zero-order valence-corrected chi connectivity index (χ0v) is 12.5. The molecular formula is C15H24N4O. The molecule has 0 bridgehead atoms. The topological polar surface area (TPSA) is 57.3 Å². The fourth-order valence-electron chi connectivity index (χ4n) is 2.19. The molecule has 2 rings (SSSR count). The summed E-state index contributed by atoms with van der Waals surface area (Å²) in [4.78, 5) is 18.6. The van der Waals surface area contributed by atoms with E-state index in [4.69, 9.17) is 0 Å². The van der Waals surface area contributed by atoms with E-state index in [0.717, 1.165) is 12.2 Å². The maximum Gasteiger partial charge on any atom is 0.270 e. The highest BCUT2D eigenvalue weighted by atomic mass is 16.1. The number of pyridine rings is 1. The minimum Gasteiger partial charge on any atom is -0.385 e. The van der Waals surface area contributed by atoms with Gasteiger partial charge in [0.1, 0.15) is 5.69 Å². The number of nitrogens with one attached hydrogen (secondary N) is 2. The van der Waals surface area contributed by atoms with Gasteiger partial charge in [-0.2, -0.15) is 0 Å². The molecule has 1 amide bonds. The van der Waals surface area contributed by atoms with Gasteiger partial charge in [0, 0.05) is 37.1 Å². The molecule has 0 spiro atoms. The second-order valence-electron chi connectivity index (χ2n) is 5.42. The maximum absolute atomic E-state index is 12.1. The Bertz CT molecular complexity index is 459. The first-order valence-corrected chi connectivity index (χ1v) is 7.32. The van der Waals surface area contributed by atoms with Crippen molar-refractivity contribution in [1.82, 2.24) is 15.2 Å². The van der Waals surface area contributed by atoms with Gasteiger partial charge in [0.05, 0.1) is 0 Å². The first-order chi connectivity index (χ1) is 9.61. The molecule has 20 heavy (non-hydrogen) atoms. The van der Waals surface area contributed by atoms with E-state index in [9.17, 15) is 4.79 Å². The van der Waals surface area contributed by atoms with E-state index in [1.54, 1.807) is 12.3 Å². The van der Waals surface area contributed by atoms with E-state index < -0.39 is 0 Å². The molecule has 1 aromatic heterocycles. The van der Waals surface area contributed by atoms with Gasteiger partial charge in [0.2, 0.25) is 0 Å². The van der Waals surface area contributed by atoms with Crippen molar-refractivity contribution in [3.8, 4) is 0 Å². The lowest BCUT2D eigenvalue weighted by atomic mass is 10.2. The highest BCUT2D eigenvalue weighted by molar-refractivity contribution is 5.93. The molecule has 1 aliphatic carbocycles. The zero-order valence-electron chi connectivity index (χ0n) is 12.5. The van der Waals surface area contributed by atoms with Crippen molar-refractivity contribution in [2.75, 3.05) is 25.5 Å². The number of amides is 1. The normalized spacial score (nSPS) is 16.0. The maximum atomic E-state index is 12.1. The molecule has 1 aromatic rings. The first kappa shape index (κ1) is 14.8. The molecule has 1 unspecified atom stereocenters. The molecule has 1 heterocycles. The predicted molar refractivity (Wildman–Crippen MR) is 81.0 cm³/mol. The summed E-state index contributed by atoms with van der Waals surface area (Å²) in [6, 6.07) is 4.71. The Morgan fingerprint density at radius 1 is 1.55 bits per heavy atom. The fraction of sp³-hybridized carbons (Fsp3) is 0.600. The number of hydrogen-bond donors (Lipinski definition) is 2. The second-order valence-corrected chi connectivity index (χ2v) is 5.42. The van der Waals surface area contributed by atoms with Crippen LogP contribution in [0.3, 0.4) is 0 Å². The Morgan fingerprint density at radius 2 is 2.30 bits per heavy atom. The number of rotatable bonds is 7. The molecule has 1 saturated carbocycles. The van der Waals surface area contributed by atoms with E-state index in [0.29, 0.717) is 24.3 Å². The average Bonchev–Trinajstić information content (AvgIpc) is 3.29. The third-order valence-electron chi connectivity index (χ3n) is 3.75. The first-order valence-electron chi connectivity index (χ1n) is 7.32. The van der Waals surface area contributed by atoms with Crippen LogP contribution in [-0.2, 0) is 0 Å². The molecule has 5 heteroatoms. The quantitative estimate of drug-likeness (QED) is 0.796. The summed E-state index contributed by atoms with van der Waals surface area (Å²) in [7, 11) is 2.12. The number of nitrogens with zero attached hydrogens (tertiary/aromatic N) is 2. The van der Waals surface area contributed by atoms with Crippen LogP contribution in [-0.4, -0.2) is 48.0 Å². The van der Waals surface area contributed by atoms with Crippen molar-refractivity contribution in [2.45, 2.75) is 38.8 Å². The summed E-state index contributed by atoms with van der Waals surface area (Å²) in [6.45, 7) is 5.64. The number of hydrogen-bond acceptors (Lipinski definition) is 4. The fourth-order valence-corrected chi connectivity index (χ4v) is 2.19. The van der Waals surface area contributed by atoms with E-state index in [-0.39, 0.29) is 5.91 Å². The van der Waals surface area contributed by atoms with Crippen molar-refractivity contribution in [3.05, 3.63) is 24.0 Å². The lowest BCUT2D eigenvalue weighted by Gasteiger charge is -2.24. The van der Waals surface area contributed by atoms with Gasteiger partial charge in [0.25, 0.3) is 5.91 Å². The van der Waals surface area contributed by atoms with Crippen LogP contribution in [0.5, 0.6) is 0 Å². The largest absolute Gasteiger partial charge is 0.385 e. The third kappa shape index (κ3) is 3.93. The number of likely N-dealkylation sites (N-methyl/N-ethyl adjacent to an activating group) is 1. The summed E-state index contributed by atoms with van der Waals surface area (Å²) in [6.07, 6.45) is 4.22. The van der Waals surface area contributed by atoms with Crippen LogP contribution < -0.4 is 10.6 Å². The Hall–Kier alpha value is -1.62. The van der Waals surface area contributed by atoms with Crippen LogP contribution in [0.4, 0.5) is 5.69 Å². The molecule has 1 fully saturated rings. The number of carbonyl (C=O) groups excluding carboxylic acids is 1. The van der Waals surface area contributed by atoms with Crippen molar-refractivity contribution in [2.24, 2.45) is 0 Å². The van der Waals surface area contributed by atoms with Crippen molar-refractivity contribution < 1.29 is 4.79 Å².